The van der Waals surface area contributed by atoms with Crippen molar-refractivity contribution in [2.24, 2.45) is 17.8 Å². The van der Waals surface area contributed by atoms with Crippen molar-refractivity contribution in [1.29, 1.82) is 0 Å². The summed E-state index contributed by atoms with van der Waals surface area (Å²) in [6, 6.07) is -0.161. The van der Waals surface area contributed by atoms with E-state index in [0.29, 0.717) is 11.8 Å². The number of fused-ring (bicyclic) bond motifs is 1. The molecule has 3 unspecified atom stereocenters. The number of hydrogen-bond acceptors (Lipinski definition) is 2. The molecule has 1 aliphatic heterocycles. The highest BCUT2D eigenvalue weighted by molar-refractivity contribution is 5.74. The van der Waals surface area contributed by atoms with Crippen LogP contribution in [0, 0.1) is 17.8 Å². The summed E-state index contributed by atoms with van der Waals surface area (Å²) in [7, 11) is 0. The number of carboxylic acids is 1. The van der Waals surface area contributed by atoms with Crippen LogP contribution in [0.2, 0.25) is 0 Å². The number of likely N-dealkylation sites (tertiary alicyclic amines) is 1. The third-order valence-electron chi connectivity index (χ3n) is 4.76. The van der Waals surface area contributed by atoms with E-state index in [9.17, 15) is 9.90 Å². The SMILES string of the molecule is O=C(O)C1C2CCCC2CN1CCC1CC1. The zero-order valence-corrected chi connectivity index (χ0v) is 9.77. The van der Waals surface area contributed by atoms with E-state index in [1.807, 2.05) is 0 Å². The van der Waals surface area contributed by atoms with Crippen LogP contribution in [0.25, 0.3) is 0 Å². The maximum Gasteiger partial charge on any atom is 0.321 e. The molecule has 0 aromatic carbocycles. The van der Waals surface area contributed by atoms with Crippen LogP contribution in [0.3, 0.4) is 0 Å². The van der Waals surface area contributed by atoms with Crippen molar-refractivity contribution in [3.63, 3.8) is 0 Å². The molecule has 1 heterocycles. The Balaban J connectivity index is 1.64. The maximum atomic E-state index is 11.4. The lowest BCUT2D eigenvalue weighted by Gasteiger charge is -2.23. The predicted octanol–water partition coefficient (Wildman–Crippen LogP) is 1.97. The number of hydrogen-bond donors (Lipinski definition) is 1. The minimum absolute atomic E-state index is 0.161. The summed E-state index contributed by atoms with van der Waals surface area (Å²) in [5, 5.41) is 9.37. The minimum Gasteiger partial charge on any atom is -0.480 e. The summed E-state index contributed by atoms with van der Waals surface area (Å²) in [4.78, 5) is 13.6. The second-order valence-electron chi connectivity index (χ2n) is 5.86. The standard InChI is InChI=1S/C13H21NO2/c15-13(16)12-11-3-1-2-10(11)8-14(12)7-6-9-4-5-9/h9-12H,1-8H2,(H,15,16). The van der Waals surface area contributed by atoms with Crippen LogP contribution in [-0.4, -0.2) is 35.1 Å². The van der Waals surface area contributed by atoms with E-state index in [-0.39, 0.29) is 6.04 Å². The molecule has 0 spiro atoms. The van der Waals surface area contributed by atoms with Gasteiger partial charge in [0.2, 0.25) is 0 Å². The average Bonchev–Trinajstić information content (AvgIpc) is 2.83. The fourth-order valence-electron chi connectivity index (χ4n) is 3.72. The molecule has 0 aromatic rings. The molecule has 0 amide bonds. The number of nitrogens with zero attached hydrogens (tertiary/aromatic N) is 1. The fourth-order valence-corrected chi connectivity index (χ4v) is 3.72. The Bertz CT molecular complexity index is 288. The highest BCUT2D eigenvalue weighted by Crippen LogP contribution is 2.43. The van der Waals surface area contributed by atoms with Gasteiger partial charge >= 0.3 is 5.97 Å². The van der Waals surface area contributed by atoms with Gasteiger partial charge in [0, 0.05) is 6.54 Å². The van der Waals surface area contributed by atoms with Crippen LogP contribution >= 0.6 is 0 Å². The van der Waals surface area contributed by atoms with Gasteiger partial charge in [-0.3, -0.25) is 9.69 Å². The Morgan fingerprint density at radius 3 is 2.75 bits per heavy atom. The Morgan fingerprint density at radius 2 is 2.06 bits per heavy atom. The molecule has 1 saturated heterocycles. The highest BCUT2D eigenvalue weighted by Gasteiger charge is 2.47. The molecular formula is C13H21NO2. The Hall–Kier alpha value is -0.570. The van der Waals surface area contributed by atoms with Gasteiger partial charge < -0.3 is 5.11 Å². The topological polar surface area (TPSA) is 40.5 Å². The molecule has 1 N–H and O–H groups in total. The monoisotopic (exact) mass is 223 g/mol. The highest BCUT2D eigenvalue weighted by atomic mass is 16.4. The van der Waals surface area contributed by atoms with Crippen LogP contribution in [0.5, 0.6) is 0 Å². The summed E-state index contributed by atoms with van der Waals surface area (Å²) in [6.45, 7) is 2.07. The molecule has 0 aromatic heterocycles. The van der Waals surface area contributed by atoms with E-state index in [1.165, 1.54) is 32.1 Å². The third-order valence-corrected chi connectivity index (χ3v) is 4.76. The summed E-state index contributed by atoms with van der Waals surface area (Å²) in [5.74, 6) is 1.47. The lowest BCUT2D eigenvalue weighted by atomic mass is 9.94. The van der Waals surface area contributed by atoms with Gasteiger partial charge in [0.05, 0.1) is 0 Å². The first kappa shape index (κ1) is 10.6. The maximum absolute atomic E-state index is 11.4. The zero-order chi connectivity index (χ0) is 11.1. The van der Waals surface area contributed by atoms with Gasteiger partial charge in [-0.05, 0) is 43.6 Å². The third kappa shape index (κ3) is 1.86. The second-order valence-corrected chi connectivity index (χ2v) is 5.86. The smallest absolute Gasteiger partial charge is 0.321 e. The van der Waals surface area contributed by atoms with E-state index in [2.05, 4.69) is 4.90 Å². The molecule has 90 valence electrons. The van der Waals surface area contributed by atoms with Gasteiger partial charge in [0.15, 0.2) is 0 Å². The van der Waals surface area contributed by atoms with E-state index >= 15 is 0 Å². The number of rotatable bonds is 4. The van der Waals surface area contributed by atoms with Crippen LogP contribution in [0.4, 0.5) is 0 Å². The van der Waals surface area contributed by atoms with Gasteiger partial charge in [-0.15, -0.1) is 0 Å². The molecule has 3 aliphatic rings. The van der Waals surface area contributed by atoms with Crippen LogP contribution in [0.15, 0.2) is 0 Å². The Morgan fingerprint density at radius 1 is 1.25 bits per heavy atom. The molecule has 3 fully saturated rings. The van der Waals surface area contributed by atoms with Crippen molar-refractivity contribution < 1.29 is 9.90 Å². The number of carboxylic acid groups (broad SMARTS) is 1. The van der Waals surface area contributed by atoms with Crippen molar-refractivity contribution in [2.45, 2.75) is 44.6 Å². The fraction of sp³-hybridized carbons (Fsp3) is 0.923. The second kappa shape index (κ2) is 4.02. The first-order valence-electron chi connectivity index (χ1n) is 6.72. The van der Waals surface area contributed by atoms with Crippen molar-refractivity contribution in [3.8, 4) is 0 Å². The number of carbonyl (C=O) groups is 1. The Labute approximate surface area is 96.8 Å². The van der Waals surface area contributed by atoms with Gasteiger partial charge in [-0.2, -0.15) is 0 Å². The molecule has 3 nitrogen and oxygen atoms in total. The van der Waals surface area contributed by atoms with E-state index in [0.717, 1.165) is 25.4 Å². The molecule has 2 aliphatic carbocycles. The van der Waals surface area contributed by atoms with Crippen molar-refractivity contribution in [1.82, 2.24) is 4.90 Å². The van der Waals surface area contributed by atoms with E-state index in [1.54, 1.807) is 0 Å². The molecule has 0 radical (unpaired) electrons. The zero-order valence-electron chi connectivity index (χ0n) is 9.77. The van der Waals surface area contributed by atoms with Gasteiger partial charge in [0.1, 0.15) is 6.04 Å². The van der Waals surface area contributed by atoms with E-state index in [4.69, 9.17) is 0 Å². The van der Waals surface area contributed by atoms with Crippen LogP contribution in [0.1, 0.15) is 38.5 Å². The normalized spacial score (nSPS) is 38.9. The quantitative estimate of drug-likeness (QED) is 0.792. The average molecular weight is 223 g/mol. The molecule has 16 heavy (non-hydrogen) atoms. The first-order valence-corrected chi connectivity index (χ1v) is 6.72. The predicted molar refractivity (Wildman–Crippen MR) is 61.2 cm³/mol. The summed E-state index contributed by atoms with van der Waals surface area (Å²) < 4.78 is 0. The lowest BCUT2D eigenvalue weighted by Crippen LogP contribution is -2.40. The van der Waals surface area contributed by atoms with Gasteiger partial charge in [-0.25, -0.2) is 0 Å². The van der Waals surface area contributed by atoms with Crippen molar-refractivity contribution in [2.75, 3.05) is 13.1 Å². The van der Waals surface area contributed by atoms with E-state index < -0.39 is 5.97 Å². The van der Waals surface area contributed by atoms with Crippen molar-refractivity contribution in [3.05, 3.63) is 0 Å². The lowest BCUT2D eigenvalue weighted by molar-refractivity contribution is -0.143. The number of aliphatic carboxylic acids is 1. The Kier molecular flexibility index (Phi) is 2.66. The first-order chi connectivity index (χ1) is 7.75. The molecular weight excluding hydrogens is 202 g/mol. The van der Waals surface area contributed by atoms with Crippen LogP contribution < -0.4 is 0 Å². The van der Waals surface area contributed by atoms with Gasteiger partial charge in [-0.1, -0.05) is 19.3 Å². The molecule has 3 heteroatoms. The van der Waals surface area contributed by atoms with Crippen molar-refractivity contribution >= 4 is 5.97 Å². The molecule has 3 rings (SSSR count). The molecule has 0 bridgehead atoms. The minimum atomic E-state index is -0.579. The summed E-state index contributed by atoms with van der Waals surface area (Å²) >= 11 is 0. The van der Waals surface area contributed by atoms with Crippen LogP contribution in [-0.2, 0) is 4.79 Å². The van der Waals surface area contributed by atoms with Gasteiger partial charge in [0.25, 0.3) is 0 Å². The molecule has 2 saturated carbocycles. The largest absolute Gasteiger partial charge is 0.480 e. The summed E-state index contributed by atoms with van der Waals surface area (Å²) in [5.41, 5.74) is 0. The summed E-state index contributed by atoms with van der Waals surface area (Å²) in [6.07, 6.45) is 7.62. The molecule has 3 atom stereocenters.